The molecule has 0 unspecified atom stereocenters. The van der Waals surface area contributed by atoms with Gasteiger partial charge in [-0.25, -0.2) is 0 Å². The van der Waals surface area contributed by atoms with Gasteiger partial charge < -0.3 is 15.8 Å². The molecular weight excluding hydrogens is 144 g/mol. The lowest BCUT2D eigenvalue weighted by Crippen LogP contribution is -1.92. The fourth-order valence-electron chi connectivity index (χ4n) is 0.708. The molecule has 0 bridgehead atoms. The summed E-state index contributed by atoms with van der Waals surface area (Å²) in [7, 11) is 0. The molecule has 0 saturated heterocycles. The molecule has 0 aromatic heterocycles. The number of carbonyl (C=O) groups is 1. The van der Waals surface area contributed by atoms with E-state index in [1.54, 1.807) is 12.1 Å². The maximum absolute atomic E-state index is 10.7. The van der Waals surface area contributed by atoms with Gasteiger partial charge in [-0.3, -0.25) is 4.79 Å². The molecule has 4 heteroatoms. The summed E-state index contributed by atoms with van der Waals surface area (Å²) in [6, 6.07) is 5.86. The van der Waals surface area contributed by atoms with Crippen molar-refractivity contribution in [2.45, 2.75) is 0 Å². The molecule has 1 amide bonds. The first-order valence-corrected chi connectivity index (χ1v) is 2.93. The largest absolute Gasteiger partial charge is 0.704 e. The zero-order valence-corrected chi connectivity index (χ0v) is 5.56. The predicted octanol–water partition coefficient (Wildman–Crippen LogP) is 1.55. The molecule has 1 N–H and O–H groups in total. The van der Waals surface area contributed by atoms with Crippen molar-refractivity contribution >= 4 is 5.91 Å². The second kappa shape index (κ2) is 2.92. The Labute approximate surface area is 63.0 Å². The monoisotopic (exact) mass is 149 g/mol. The molecule has 1 rings (SSSR count). The first-order chi connectivity index (χ1) is 5.25. The third-order valence-corrected chi connectivity index (χ3v) is 1.23. The highest BCUT2D eigenvalue weighted by atomic mass is 16.3. The van der Waals surface area contributed by atoms with Crippen molar-refractivity contribution in [2.24, 2.45) is 5.11 Å². The summed E-state index contributed by atoms with van der Waals surface area (Å²) in [6.07, 6.45) is 0. The van der Waals surface area contributed by atoms with Crippen molar-refractivity contribution in [3.05, 3.63) is 35.4 Å². The standard InChI is InChI=1S/C7H5N2O2/c8-9-7(11)5-3-1-2-4-6(5)10/h1-4,10H/q-1. The Morgan fingerprint density at radius 2 is 2.09 bits per heavy atom. The number of phenols is 1. The van der Waals surface area contributed by atoms with Crippen molar-refractivity contribution in [1.29, 1.82) is 0 Å². The van der Waals surface area contributed by atoms with Crippen molar-refractivity contribution < 1.29 is 9.90 Å². The first kappa shape index (κ1) is 7.40. The number of nitrogens with zero attached hydrogens (tertiary/aromatic N) is 2. The molecule has 0 spiro atoms. The highest BCUT2D eigenvalue weighted by molar-refractivity contribution is 5.97. The Balaban J connectivity index is 3.13. The van der Waals surface area contributed by atoms with Crippen LogP contribution >= 0.6 is 0 Å². The molecule has 1 aromatic rings. The van der Waals surface area contributed by atoms with Crippen LogP contribution in [0.25, 0.3) is 5.53 Å². The molecule has 0 fully saturated rings. The highest BCUT2D eigenvalue weighted by Gasteiger charge is 2.04. The van der Waals surface area contributed by atoms with Gasteiger partial charge in [-0.2, -0.15) is 0 Å². The minimum Gasteiger partial charge on any atom is -0.704 e. The van der Waals surface area contributed by atoms with Gasteiger partial charge in [0, 0.05) is 0 Å². The highest BCUT2D eigenvalue weighted by Crippen LogP contribution is 2.15. The summed E-state index contributed by atoms with van der Waals surface area (Å²) < 4.78 is 0. The number of phenolic OH excluding ortho intramolecular Hbond substituents is 1. The van der Waals surface area contributed by atoms with Crippen LogP contribution in [0.15, 0.2) is 29.4 Å². The van der Waals surface area contributed by atoms with Crippen LogP contribution in [0.4, 0.5) is 0 Å². The van der Waals surface area contributed by atoms with Crippen molar-refractivity contribution in [3.8, 4) is 5.75 Å². The van der Waals surface area contributed by atoms with Crippen LogP contribution in [0.5, 0.6) is 5.75 Å². The lowest BCUT2D eigenvalue weighted by molar-refractivity contribution is 0.0998. The molecule has 56 valence electrons. The zero-order valence-electron chi connectivity index (χ0n) is 5.56. The van der Waals surface area contributed by atoms with E-state index in [0.717, 1.165) is 0 Å². The molecule has 11 heavy (non-hydrogen) atoms. The Hall–Kier alpha value is -1.71. The maximum Gasteiger partial charge on any atom is 0.260 e. The van der Waals surface area contributed by atoms with Gasteiger partial charge in [0.15, 0.2) is 0 Å². The molecule has 0 aliphatic rings. The SMILES string of the molecule is [N-]=NC(=O)c1ccccc1O. The Morgan fingerprint density at radius 3 is 2.64 bits per heavy atom. The van der Waals surface area contributed by atoms with Crippen molar-refractivity contribution in [2.75, 3.05) is 0 Å². The molecule has 0 aliphatic carbocycles. The van der Waals surface area contributed by atoms with Crippen LogP contribution in [-0.4, -0.2) is 11.0 Å². The number of para-hydroxylation sites is 1. The fourth-order valence-corrected chi connectivity index (χ4v) is 0.708. The van der Waals surface area contributed by atoms with Crippen LogP contribution in [0.1, 0.15) is 10.4 Å². The summed E-state index contributed by atoms with van der Waals surface area (Å²) in [5, 5.41) is 11.4. The van der Waals surface area contributed by atoms with E-state index >= 15 is 0 Å². The van der Waals surface area contributed by atoms with Crippen molar-refractivity contribution in [3.63, 3.8) is 0 Å². The average Bonchev–Trinajstić information content (AvgIpc) is 2.04. The summed E-state index contributed by atoms with van der Waals surface area (Å²) in [6.45, 7) is 0. The van der Waals surface area contributed by atoms with Gasteiger partial charge in [0.1, 0.15) is 5.75 Å². The molecule has 0 atom stereocenters. The van der Waals surface area contributed by atoms with Crippen LogP contribution in [0, 0.1) is 0 Å². The molecule has 0 aliphatic heterocycles. The Bertz CT molecular complexity index is 296. The lowest BCUT2D eigenvalue weighted by Gasteiger charge is -1.98. The van der Waals surface area contributed by atoms with Crippen LogP contribution in [0.2, 0.25) is 0 Å². The quantitative estimate of drug-likeness (QED) is 0.615. The second-order valence-corrected chi connectivity index (χ2v) is 1.92. The number of rotatable bonds is 1. The van der Waals surface area contributed by atoms with Crippen molar-refractivity contribution in [1.82, 2.24) is 0 Å². The van der Waals surface area contributed by atoms with E-state index in [4.69, 9.17) is 10.6 Å². The normalized spacial score (nSPS) is 9.09. The smallest absolute Gasteiger partial charge is 0.260 e. The summed E-state index contributed by atoms with van der Waals surface area (Å²) in [4.78, 5) is 10.7. The molecule has 0 saturated carbocycles. The summed E-state index contributed by atoms with van der Waals surface area (Å²) >= 11 is 0. The maximum atomic E-state index is 10.7. The Kier molecular flexibility index (Phi) is 1.96. The van der Waals surface area contributed by atoms with E-state index in [0.29, 0.717) is 0 Å². The topological polar surface area (TPSA) is 72.0 Å². The first-order valence-electron chi connectivity index (χ1n) is 2.93. The molecular formula is C7H5N2O2-. The Morgan fingerprint density at radius 1 is 1.45 bits per heavy atom. The fraction of sp³-hybridized carbons (Fsp3) is 0. The number of amides is 1. The van der Waals surface area contributed by atoms with E-state index in [1.165, 1.54) is 12.1 Å². The van der Waals surface area contributed by atoms with Gasteiger partial charge in [-0.1, -0.05) is 12.1 Å². The van der Waals surface area contributed by atoms with E-state index < -0.39 is 5.91 Å². The molecule has 4 nitrogen and oxygen atoms in total. The number of aromatic hydroxyl groups is 1. The minimum atomic E-state index is -0.844. The predicted molar refractivity (Wildman–Crippen MR) is 38.2 cm³/mol. The average molecular weight is 149 g/mol. The van der Waals surface area contributed by atoms with Gasteiger partial charge in [0.2, 0.25) is 0 Å². The second-order valence-electron chi connectivity index (χ2n) is 1.92. The van der Waals surface area contributed by atoms with Gasteiger partial charge in [-0.05, 0) is 12.1 Å². The van der Waals surface area contributed by atoms with E-state index in [1.807, 2.05) is 0 Å². The molecule has 1 aromatic carbocycles. The van der Waals surface area contributed by atoms with E-state index in [2.05, 4.69) is 5.11 Å². The van der Waals surface area contributed by atoms with Gasteiger partial charge in [0.25, 0.3) is 5.91 Å². The zero-order chi connectivity index (χ0) is 8.27. The lowest BCUT2D eigenvalue weighted by atomic mass is 10.2. The minimum absolute atomic E-state index is 0.00463. The summed E-state index contributed by atoms with van der Waals surface area (Å²) in [5.74, 6) is -1.03. The van der Waals surface area contributed by atoms with Gasteiger partial charge in [-0.15, -0.1) is 0 Å². The van der Waals surface area contributed by atoms with Gasteiger partial charge in [0.05, 0.1) is 5.56 Å². The number of hydrogen-bond donors (Lipinski definition) is 1. The van der Waals surface area contributed by atoms with Crippen LogP contribution in [0.3, 0.4) is 0 Å². The number of carbonyl (C=O) groups excluding carboxylic acids is 1. The van der Waals surface area contributed by atoms with Crippen LogP contribution < -0.4 is 0 Å². The van der Waals surface area contributed by atoms with E-state index in [-0.39, 0.29) is 11.3 Å². The van der Waals surface area contributed by atoms with E-state index in [9.17, 15) is 4.79 Å². The number of hydrogen-bond acceptors (Lipinski definition) is 2. The number of benzene rings is 1. The third-order valence-electron chi connectivity index (χ3n) is 1.23. The summed E-state index contributed by atoms with van der Waals surface area (Å²) in [5.41, 5.74) is 8.07. The molecule has 0 heterocycles. The van der Waals surface area contributed by atoms with Gasteiger partial charge >= 0.3 is 0 Å². The third kappa shape index (κ3) is 1.40. The molecule has 0 radical (unpaired) electrons. The van der Waals surface area contributed by atoms with Crippen LogP contribution in [-0.2, 0) is 0 Å².